The van der Waals surface area contributed by atoms with Crippen molar-refractivity contribution in [2.24, 2.45) is 0 Å². The van der Waals surface area contributed by atoms with Crippen molar-refractivity contribution in [3.05, 3.63) is 59.5 Å². The molecule has 1 saturated heterocycles. The molecule has 146 valence electrons. The number of piperazine rings is 1. The maximum absolute atomic E-state index is 6.03. The van der Waals surface area contributed by atoms with E-state index in [4.69, 9.17) is 16.6 Å². The van der Waals surface area contributed by atoms with Crippen LogP contribution in [-0.2, 0) is 0 Å². The van der Waals surface area contributed by atoms with E-state index in [0.29, 0.717) is 10.8 Å². The smallest absolute Gasteiger partial charge is 0.175 e. The fourth-order valence-corrected chi connectivity index (χ4v) is 3.61. The van der Waals surface area contributed by atoms with Crippen LogP contribution in [-0.4, -0.2) is 56.1 Å². The molecule has 0 bridgehead atoms. The monoisotopic (exact) mass is 406 g/mol. The molecule has 0 unspecified atom stereocenters. The number of aromatic nitrogens is 6. The molecule has 8 nitrogen and oxygen atoms in total. The summed E-state index contributed by atoms with van der Waals surface area (Å²) in [6.07, 6.45) is 3.70. The van der Waals surface area contributed by atoms with Gasteiger partial charge in [-0.15, -0.1) is 10.2 Å². The van der Waals surface area contributed by atoms with E-state index in [1.807, 2.05) is 55.7 Å². The third-order valence-corrected chi connectivity index (χ3v) is 5.25. The van der Waals surface area contributed by atoms with Gasteiger partial charge in [0.1, 0.15) is 5.82 Å². The number of aryl methyl sites for hydroxylation is 1. The van der Waals surface area contributed by atoms with Crippen LogP contribution in [0.4, 0.5) is 11.6 Å². The molecule has 1 aliphatic heterocycles. The fourth-order valence-electron chi connectivity index (χ4n) is 3.44. The number of fused-ring (bicyclic) bond motifs is 1. The summed E-state index contributed by atoms with van der Waals surface area (Å²) in [5.74, 6) is 2.47. The van der Waals surface area contributed by atoms with Gasteiger partial charge in [0.2, 0.25) is 0 Å². The van der Waals surface area contributed by atoms with Gasteiger partial charge in [-0.05, 0) is 43.3 Å². The Bertz CT molecular complexity index is 1150. The summed E-state index contributed by atoms with van der Waals surface area (Å²) >= 11 is 6.03. The van der Waals surface area contributed by atoms with Crippen LogP contribution in [0.1, 0.15) is 5.69 Å². The van der Waals surface area contributed by atoms with Gasteiger partial charge >= 0.3 is 0 Å². The highest BCUT2D eigenvalue weighted by Crippen LogP contribution is 2.21. The Hall–Kier alpha value is -3.26. The fraction of sp³-hybridized carbons (Fsp3) is 0.250. The average Bonchev–Trinajstić information content (AvgIpc) is 3.20. The van der Waals surface area contributed by atoms with Crippen LogP contribution in [0, 0.1) is 6.92 Å². The third-order valence-electron chi connectivity index (χ3n) is 5.01. The number of benzene rings is 1. The lowest BCUT2D eigenvalue weighted by atomic mass is 10.3. The van der Waals surface area contributed by atoms with E-state index in [0.717, 1.165) is 54.5 Å². The maximum atomic E-state index is 6.03. The molecular formula is C20H19ClN8. The molecule has 4 aromatic rings. The molecule has 1 fully saturated rings. The van der Waals surface area contributed by atoms with E-state index in [-0.39, 0.29) is 0 Å². The van der Waals surface area contributed by atoms with Crippen molar-refractivity contribution in [3.63, 3.8) is 0 Å². The van der Waals surface area contributed by atoms with Gasteiger partial charge in [0, 0.05) is 37.4 Å². The molecule has 29 heavy (non-hydrogen) atoms. The second kappa shape index (κ2) is 7.29. The Balaban J connectivity index is 1.27. The minimum Gasteiger partial charge on any atom is -0.352 e. The highest BCUT2D eigenvalue weighted by Gasteiger charge is 2.20. The molecule has 0 aliphatic carbocycles. The number of anilines is 2. The van der Waals surface area contributed by atoms with Crippen molar-refractivity contribution < 1.29 is 0 Å². The summed E-state index contributed by atoms with van der Waals surface area (Å²) in [6.45, 7) is 5.32. The largest absolute Gasteiger partial charge is 0.352 e. The van der Waals surface area contributed by atoms with E-state index in [2.05, 4.69) is 30.1 Å². The van der Waals surface area contributed by atoms with Crippen LogP contribution in [0.2, 0.25) is 5.02 Å². The van der Waals surface area contributed by atoms with Crippen LogP contribution in [0.15, 0.2) is 48.8 Å². The van der Waals surface area contributed by atoms with Crippen molar-refractivity contribution in [2.45, 2.75) is 6.92 Å². The van der Waals surface area contributed by atoms with Gasteiger partial charge in [0.25, 0.3) is 0 Å². The molecule has 1 aliphatic rings. The van der Waals surface area contributed by atoms with Gasteiger partial charge in [0.15, 0.2) is 11.6 Å². The van der Waals surface area contributed by atoms with Crippen molar-refractivity contribution >= 4 is 34.3 Å². The van der Waals surface area contributed by atoms with Crippen molar-refractivity contribution in [2.75, 3.05) is 36.0 Å². The Morgan fingerprint density at radius 2 is 1.55 bits per heavy atom. The Morgan fingerprint density at radius 1 is 0.828 bits per heavy atom. The number of nitrogens with zero attached hydrogens (tertiary/aromatic N) is 8. The summed E-state index contributed by atoms with van der Waals surface area (Å²) < 4.78 is 1.73. The maximum Gasteiger partial charge on any atom is 0.175 e. The number of halogens is 1. The van der Waals surface area contributed by atoms with Crippen LogP contribution in [0.5, 0.6) is 0 Å². The first-order valence-electron chi connectivity index (χ1n) is 9.44. The number of hydrogen-bond acceptors (Lipinski definition) is 7. The molecule has 0 radical (unpaired) electrons. The summed E-state index contributed by atoms with van der Waals surface area (Å²) in [5.41, 5.74) is 2.61. The summed E-state index contributed by atoms with van der Waals surface area (Å²) in [4.78, 5) is 13.7. The van der Waals surface area contributed by atoms with Gasteiger partial charge in [0.05, 0.1) is 22.9 Å². The number of rotatable bonds is 3. The lowest BCUT2D eigenvalue weighted by Crippen LogP contribution is -2.47. The molecule has 0 spiro atoms. The molecule has 5 rings (SSSR count). The molecule has 0 amide bonds. The topological polar surface area (TPSA) is 75.9 Å². The average molecular weight is 407 g/mol. The van der Waals surface area contributed by atoms with Crippen molar-refractivity contribution in [3.8, 4) is 5.82 Å². The van der Waals surface area contributed by atoms with E-state index in [1.54, 1.807) is 4.68 Å². The predicted molar refractivity (Wildman–Crippen MR) is 113 cm³/mol. The second-order valence-electron chi connectivity index (χ2n) is 6.99. The van der Waals surface area contributed by atoms with Crippen LogP contribution >= 0.6 is 11.6 Å². The standard InChI is InChI=1S/C20H19ClN8/c1-14-6-7-29(26-14)19-5-4-18(24-25-19)27-8-10-28(11-9-27)20-13-22-17-12-15(21)2-3-16(17)23-20/h2-7,12-13H,8-11H2,1H3. The lowest BCUT2D eigenvalue weighted by molar-refractivity contribution is 0.636. The molecule has 0 N–H and O–H groups in total. The minimum atomic E-state index is 0.669. The summed E-state index contributed by atoms with van der Waals surface area (Å²) in [7, 11) is 0. The second-order valence-corrected chi connectivity index (χ2v) is 7.42. The zero-order valence-corrected chi connectivity index (χ0v) is 16.7. The number of hydrogen-bond donors (Lipinski definition) is 0. The van der Waals surface area contributed by atoms with E-state index in [9.17, 15) is 0 Å². The van der Waals surface area contributed by atoms with Gasteiger partial charge in [-0.2, -0.15) is 5.10 Å². The third kappa shape index (κ3) is 3.58. The summed E-state index contributed by atoms with van der Waals surface area (Å²) in [5, 5.41) is 13.7. The van der Waals surface area contributed by atoms with E-state index in [1.165, 1.54) is 0 Å². The zero-order valence-electron chi connectivity index (χ0n) is 15.9. The first-order chi connectivity index (χ1) is 14.2. The van der Waals surface area contributed by atoms with Crippen LogP contribution in [0.3, 0.4) is 0 Å². The molecule has 4 heterocycles. The Morgan fingerprint density at radius 3 is 2.24 bits per heavy atom. The molecule has 1 aromatic carbocycles. The van der Waals surface area contributed by atoms with Crippen molar-refractivity contribution in [1.29, 1.82) is 0 Å². The molecule has 0 atom stereocenters. The highest BCUT2D eigenvalue weighted by molar-refractivity contribution is 6.31. The lowest BCUT2D eigenvalue weighted by Gasteiger charge is -2.35. The van der Waals surface area contributed by atoms with Crippen molar-refractivity contribution in [1.82, 2.24) is 29.9 Å². The molecule has 3 aromatic heterocycles. The van der Waals surface area contributed by atoms with Gasteiger partial charge in [-0.3, -0.25) is 4.98 Å². The van der Waals surface area contributed by atoms with Gasteiger partial charge in [-0.1, -0.05) is 11.6 Å². The quantitative estimate of drug-likeness (QED) is 0.517. The molecule has 0 saturated carbocycles. The Kier molecular flexibility index (Phi) is 4.48. The van der Waals surface area contributed by atoms with E-state index < -0.39 is 0 Å². The molecular weight excluding hydrogens is 388 g/mol. The molecule has 9 heteroatoms. The zero-order chi connectivity index (χ0) is 19.8. The first kappa shape index (κ1) is 17.8. The van der Waals surface area contributed by atoms with Gasteiger partial charge < -0.3 is 9.80 Å². The summed E-state index contributed by atoms with van der Waals surface area (Å²) in [6, 6.07) is 11.5. The van der Waals surface area contributed by atoms with Gasteiger partial charge in [-0.25, -0.2) is 9.67 Å². The SMILES string of the molecule is Cc1ccn(-c2ccc(N3CCN(c4cnc5cc(Cl)ccc5n4)CC3)nn2)n1. The minimum absolute atomic E-state index is 0.669. The van der Waals surface area contributed by atoms with Crippen LogP contribution < -0.4 is 9.80 Å². The van der Waals surface area contributed by atoms with Crippen LogP contribution in [0.25, 0.3) is 16.9 Å². The predicted octanol–water partition coefficient (Wildman–Crippen LogP) is 2.89. The first-order valence-corrected chi connectivity index (χ1v) is 9.82. The normalized spacial score (nSPS) is 14.6. The van der Waals surface area contributed by atoms with E-state index >= 15 is 0 Å². The highest BCUT2D eigenvalue weighted by atomic mass is 35.5. The Labute approximate surface area is 172 Å².